The van der Waals surface area contributed by atoms with Crippen LogP contribution in [0.25, 0.3) is 0 Å². The van der Waals surface area contributed by atoms with Crippen molar-refractivity contribution in [3.63, 3.8) is 0 Å². The number of pyridine rings is 2. The maximum absolute atomic E-state index is 12.9. The van der Waals surface area contributed by atoms with E-state index in [-0.39, 0.29) is 23.7 Å². The lowest BCUT2D eigenvalue weighted by molar-refractivity contribution is -0.192. The van der Waals surface area contributed by atoms with Crippen LogP contribution in [0.15, 0.2) is 46.3 Å². The van der Waals surface area contributed by atoms with Crippen LogP contribution in [0.4, 0.5) is 18.9 Å². The van der Waals surface area contributed by atoms with Gasteiger partial charge in [0.1, 0.15) is 11.7 Å². The van der Waals surface area contributed by atoms with Gasteiger partial charge in [-0.25, -0.2) is 15.3 Å². The van der Waals surface area contributed by atoms with Gasteiger partial charge in [0.2, 0.25) is 11.9 Å². The average molecular weight is 537 g/mol. The van der Waals surface area contributed by atoms with Gasteiger partial charge in [-0.1, -0.05) is 6.07 Å². The monoisotopic (exact) mass is 537 g/mol. The molecule has 2 aromatic rings. The molecule has 0 bridgehead atoms. The van der Waals surface area contributed by atoms with E-state index in [2.05, 4.69) is 15.2 Å². The van der Waals surface area contributed by atoms with Crippen LogP contribution in [0.1, 0.15) is 18.2 Å². The first kappa shape index (κ1) is 29.8. The molecule has 14 nitrogen and oxygen atoms in total. The fourth-order valence-electron chi connectivity index (χ4n) is 2.51. The molecule has 0 aliphatic heterocycles. The lowest BCUT2D eigenvalue weighted by Crippen LogP contribution is -2.38. The zero-order valence-corrected chi connectivity index (χ0v) is 19.3. The number of nitrogens with one attached hydrogen (secondary N) is 3. The summed E-state index contributed by atoms with van der Waals surface area (Å²) in [7, 11) is -4.10. The van der Waals surface area contributed by atoms with Gasteiger partial charge in [0.15, 0.2) is 5.03 Å². The van der Waals surface area contributed by atoms with Crippen LogP contribution in [-0.2, 0) is 24.4 Å². The minimum absolute atomic E-state index is 0.0210. The number of nitrogens with two attached hydrogens (primary N) is 2. The molecule has 0 saturated heterocycles. The quantitative estimate of drug-likeness (QED) is 0.107. The number of rotatable bonds is 9. The van der Waals surface area contributed by atoms with Crippen LogP contribution in [0.3, 0.4) is 0 Å². The highest BCUT2D eigenvalue weighted by atomic mass is 32.2. The number of hydrogen-bond donors (Lipinski definition) is 6. The molecule has 0 aliphatic rings. The largest absolute Gasteiger partial charge is 0.490 e. The summed E-state index contributed by atoms with van der Waals surface area (Å²) < 4.78 is 59.9. The number of sulfonamides is 1. The normalized spacial score (nSPS) is 12.0. The van der Waals surface area contributed by atoms with Crippen molar-refractivity contribution in [3.05, 3.63) is 52.6 Å². The van der Waals surface area contributed by atoms with Gasteiger partial charge >= 0.3 is 12.1 Å². The maximum atomic E-state index is 12.9. The van der Waals surface area contributed by atoms with E-state index in [1.54, 1.807) is 13.0 Å². The number of carbonyl (C=O) groups is 2. The third-order valence-electron chi connectivity index (χ3n) is 4.04. The Kier molecular flexibility index (Phi) is 10.4. The highest BCUT2D eigenvalue weighted by Crippen LogP contribution is 2.16. The van der Waals surface area contributed by atoms with E-state index < -0.39 is 45.6 Å². The molecular formula is C18H22F3N7O7S. The molecule has 18 heteroatoms. The average Bonchev–Trinajstić information content (AvgIpc) is 2.77. The number of carboxylic acid groups (broad SMARTS) is 1. The minimum Gasteiger partial charge on any atom is -0.475 e. The summed E-state index contributed by atoms with van der Waals surface area (Å²) in [5.41, 5.74) is 12.0. The molecule has 0 aliphatic carbocycles. The van der Waals surface area contributed by atoms with Crippen LogP contribution in [0.5, 0.6) is 0 Å². The van der Waals surface area contributed by atoms with E-state index in [1.165, 1.54) is 30.5 Å². The van der Waals surface area contributed by atoms with Crippen LogP contribution in [0.2, 0.25) is 0 Å². The van der Waals surface area contributed by atoms with Crippen LogP contribution in [0, 0.1) is 12.3 Å². The van der Waals surface area contributed by atoms with E-state index in [9.17, 15) is 31.2 Å². The van der Waals surface area contributed by atoms with Gasteiger partial charge in [0.25, 0.3) is 15.6 Å². The van der Waals surface area contributed by atoms with Gasteiger partial charge in [0.05, 0.1) is 6.61 Å². The number of primary amides is 1. The number of amides is 1. The Labute approximate surface area is 201 Å². The topological polar surface area (TPSA) is 233 Å². The van der Waals surface area contributed by atoms with E-state index in [4.69, 9.17) is 31.6 Å². The highest BCUT2D eigenvalue weighted by molar-refractivity contribution is 7.92. The summed E-state index contributed by atoms with van der Waals surface area (Å²) in [6.45, 7) is 1.48. The van der Waals surface area contributed by atoms with E-state index in [0.29, 0.717) is 5.69 Å². The molecule has 2 aromatic heterocycles. The second-order valence-corrected chi connectivity index (χ2v) is 8.34. The number of aliphatic carboxylic acids is 1. The number of anilines is 1. The Hall–Kier alpha value is -4.19. The van der Waals surface area contributed by atoms with Gasteiger partial charge in [-0.2, -0.15) is 21.6 Å². The van der Waals surface area contributed by atoms with E-state index in [0.717, 1.165) is 4.57 Å². The number of hydrogen-bond acceptors (Lipinski definition) is 8. The predicted molar refractivity (Wildman–Crippen MR) is 118 cm³/mol. The molecule has 0 aromatic carbocycles. The van der Waals surface area contributed by atoms with Gasteiger partial charge in [-0.05, 0) is 31.2 Å². The molecule has 2 heterocycles. The highest BCUT2D eigenvalue weighted by Gasteiger charge is 2.38. The number of hydroxylamine groups is 1. The summed E-state index contributed by atoms with van der Waals surface area (Å²) >= 11 is 0. The number of alkyl halides is 3. The molecule has 0 radical (unpaired) electrons. The number of aromatic nitrogens is 2. The molecule has 8 N–H and O–H groups in total. The molecule has 1 amide bonds. The Balaban J connectivity index is 0.000000809. The van der Waals surface area contributed by atoms with Gasteiger partial charge < -0.3 is 16.6 Å². The Morgan fingerprint density at radius 1 is 1.25 bits per heavy atom. The Morgan fingerprint density at radius 3 is 2.33 bits per heavy atom. The maximum Gasteiger partial charge on any atom is 0.490 e. The first-order chi connectivity index (χ1) is 16.6. The second-order valence-electron chi connectivity index (χ2n) is 6.71. The summed E-state index contributed by atoms with van der Waals surface area (Å²) in [4.78, 5) is 42.4. The lowest BCUT2D eigenvalue weighted by Gasteiger charge is -2.20. The molecular weight excluding hydrogens is 515 g/mol. The van der Waals surface area contributed by atoms with Gasteiger partial charge in [-0.3, -0.25) is 29.1 Å². The number of aryl methyl sites for hydroxylation is 1. The van der Waals surface area contributed by atoms with Crippen molar-refractivity contribution in [1.29, 1.82) is 5.41 Å². The van der Waals surface area contributed by atoms with Gasteiger partial charge in [0, 0.05) is 18.3 Å². The van der Waals surface area contributed by atoms with Crippen LogP contribution in [-0.4, -0.2) is 53.7 Å². The lowest BCUT2D eigenvalue weighted by atomic mass is 10.1. The SMILES string of the molecule is Cc1ccc(NS(=O)(=O)c2ccccn2)c(=O)n1C(CCONC(=N)N)C(N)=O.O=C(O)C(F)(F)F. The third-order valence-corrected chi connectivity index (χ3v) is 5.32. The standard InChI is InChI=1S/C16H21N7O5S.C2HF3O2/c1-10-5-6-11(22-29(26,27)13-4-2-3-8-20-13)15(25)23(10)12(14(17)24)7-9-28-21-16(18)19;3-2(4,5)1(6)7/h2-6,8,12,22H,7,9H2,1H3,(H2,17,24)(H4,18,19,21);(H,6,7). The third kappa shape index (κ3) is 8.87. The molecule has 0 saturated carbocycles. The molecule has 0 fully saturated rings. The van der Waals surface area contributed by atoms with Crippen molar-refractivity contribution in [2.45, 2.75) is 30.6 Å². The van der Waals surface area contributed by atoms with Crippen molar-refractivity contribution in [2.24, 2.45) is 11.5 Å². The molecule has 0 spiro atoms. The van der Waals surface area contributed by atoms with Crippen molar-refractivity contribution in [3.8, 4) is 0 Å². The fourth-order valence-corrected chi connectivity index (χ4v) is 3.52. The van der Waals surface area contributed by atoms with Crippen molar-refractivity contribution < 1.29 is 41.1 Å². The first-order valence-corrected chi connectivity index (χ1v) is 11.0. The molecule has 1 atom stereocenters. The van der Waals surface area contributed by atoms with E-state index in [1.807, 2.05) is 0 Å². The van der Waals surface area contributed by atoms with Crippen LogP contribution < -0.4 is 27.2 Å². The molecule has 198 valence electrons. The molecule has 36 heavy (non-hydrogen) atoms. The second kappa shape index (κ2) is 12.5. The zero-order valence-electron chi connectivity index (χ0n) is 18.4. The Bertz CT molecular complexity index is 1250. The first-order valence-electron chi connectivity index (χ1n) is 9.55. The fraction of sp³-hybridized carbons (Fsp3) is 0.278. The van der Waals surface area contributed by atoms with Crippen molar-refractivity contribution >= 4 is 33.5 Å². The van der Waals surface area contributed by atoms with E-state index >= 15 is 0 Å². The number of halogens is 3. The van der Waals surface area contributed by atoms with Crippen LogP contribution >= 0.6 is 0 Å². The molecule has 1 unspecified atom stereocenters. The predicted octanol–water partition coefficient (Wildman–Crippen LogP) is -0.183. The summed E-state index contributed by atoms with van der Waals surface area (Å²) in [5.74, 6) is -4.00. The summed E-state index contributed by atoms with van der Waals surface area (Å²) in [6, 6.07) is 5.98. The Morgan fingerprint density at radius 2 is 1.86 bits per heavy atom. The zero-order chi connectivity index (χ0) is 27.7. The van der Waals surface area contributed by atoms with Crippen molar-refractivity contribution in [1.82, 2.24) is 15.0 Å². The summed E-state index contributed by atoms with van der Waals surface area (Å²) in [6.07, 6.45) is -3.80. The smallest absolute Gasteiger partial charge is 0.475 e. The summed E-state index contributed by atoms with van der Waals surface area (Å²) in [5, 5.41) is 13.9. The molecule has 2 rings (SSSR count). The minimum atomic E-state index is -5.08. The number of carbonyl (C=O) groups excluding carboxylic acids is 1. The number of carboxylic acids is 1. The number of nitrogens with zero attached hydrogens (tertiary/aromatic N) is 2. The van der Waals surface area contributed by atoms with Gasteiger partial charge in [-0.15, -0.1) is 0 Å². The van der Waals surface area contributed by atoms with Crippen molar-refractivity contribution in [2.75, 3.05) is 11.3 Å². The number of guanidine groups is 1.